The van der Waals surface area contributed by atoms with Crippen molar-refractivity contribution in [2.45, 2.75) is 18.4 Å². The fraction of sp³-hybridized carbons (Fsp3) is 0.241. The van der Waals surface area contributed by atoms with Gasteiger partial charge in [0.05, 0.1) is 5.54 Å². The van der Waals surface area contributed by atoms with E-state index in [4.69, 9.17) is 17.3 Å². The molecule has 3 unspecified atom stereocenters. The molecule has 32 heavy (non-hydrogen) atoms. The van der Waals surface area contributed by atoms with Gasteiger partial charge in [-0.3, -0.25) is 0 Å². The normalized spacial score (nSPS) is 20.3. The lowest BCUT2D eigenvalue weighted by molar-refractivity contribution is 0.317. The number of nitrogens with two attached hydrogens (primary N) is 1. The van der Waals surface area contributed by atoms with Gasteiger partial charge >= 0.3 is 0 Å². The minimum atomic E-state index is -0.583. The molecule has 0 aliphatic carbocycles. The number of rotatable bonds is 6. The molecular formula is C29H29ClN2. The Kier molecular flexibility index (Phi) is 6.01. The van der Waals surface area contributed by atoms with Gasteiger partial charge < -0.3 is 11.1 Å². The van der Waals surface area contributed by atoms with Gasteiger partial charge in [-0.25, -0.2) is 0 Å². The standard InChI is InChI=1S/C29H29ClN2/c30-28-14-12-26(13-15-28)29(31,27-11-10-22-8-4-5-9-23(22)17-27)18-25-20-32-19-24(25)16-21-6-2-1-3-7-21/h1-15,17,24-25,32H,16,18-20,31H2. The fourth-order valence-electron chi connectivity index (χ4n) is 5.21. The molecule has 1 fully saturated rings. The van der Waals surface area contributed by atoms with Crippen LogP contribution in [0.4, 0.5) is 0 Å². The van der Waals surface area contributed by atoms with Crippen LogP contribution in [0.15, 0.2) is 97.1 Å². The number of hydrogen-bond donors (Lipinski definition) is 2. The zero-order chi connectivity index (χ0) is 22.0. The summed E-state index contributed by atoms with van der Waals surface area (Å²) in [6.45, 7) is 2.03. The zero-order valence-electron chi connectivity index (χ0n) is 18.2. The molecule has 3 atom stereocenters. The highest BCUT2D eigenvalue weighted by molar-refractivity contribution is 6.30. The average Bonchev–Trinajstić information content (AvgIpc) is 3.25. The van der Waals surface area contributed by atoms with Crippen molar-refractivity contribution in [3.05, 3.63) is 119 Å². The first-order chi connectivity index (χ1) is 15.6. The van der Waals surface area contributed by atoms with Crippen LogP contribution in [0.3, 0.4) is 0 Å². The highest BCUT2D eigenvalue weighted by Crippen LogP contribution is 2.39. The third-order valence-electron chi connectivity index (χ3n) is 7.03. The third kappa shape index (κ3) is 4.31. The SMILES string of the molecule is NC(CC1CNCC1Cc1ccccc1)(c1ccc(Cl)cc1)c1ccc2ccccc2c1. The molecule has 162 valence electrons. The molecular weight excluding hydrogens is 412 g/mol. The number of hydrogen-bond acceptors (Lipinski definition) is 2. The Bertz CT molecular complexity index is 1190. The van der Waals surface area contributed by atoms with Gasteiger partial charge in [0.2, 0.25) is 0 Å². The lowest BCUT2D eigenvalue weighted by Gasteiger charge is -2.35. The largest absolute Gasteiger partial charge is 0.318 e. The first-order valence-corrected chi connectivity index (χ1v) is 11.8. The van der Waals surface area contributed by atoms with Gasteiger partial charge in [-0.15, -0.1) is 0 Å². The maximum Gasteiger partial charge on any atom is 0.0669 e. The first-order valence-electron chi connectivity index (χ1n) is 11.4. The van der Waals surface area contributed by atoms with Gasteiger partial charge in [-0.05, 0) is 83.4 Å². The molecule has 2 nitrogen and oxygen atoms in total. The molecule has 0 amide bonds. The van der Waals surface area contributed by atoms with Gasteiger partial charge in [0.1, 0.15) is 0 Å². The van der Waals surface area contributed by atoms with Crippen molar-refractivity contribution in [3.8, 4) is 0 Å². The van der Waals surface area contributed by atoms with E-state index < -0.39 is 5.54 Å². The summed E-state index contributed by atoms with van der Waals surface area (Å²) < 4.78 is 0. The highest BCUT2D eigenvalue weighted by Gasteiger charge is 2.37. The summed E-state index contributed by atoms with van der Waals surface area (Å²) in [6.07, 6.45) is 1.96. The molecule has 1 aliphatic rings. The molecule has 4 aromatic rings. The van der Waals surface area contributed by atoms with Crippen LogP contribution in [0.1, 0.15) is 23.1 Å². The van der Waals surface area contributed by atoms with Crippen LogP contribution in [0.25, 0.3) is 10.8 Å². The molecule has 3 N–H and O–H groups in total. The van der Waals surface area contributed by atoms with E-state index in [1.54, 1.807) is 0 Å². The number of benzene rings is 4. The van der Waals surface area contributed by atoms with Crippen molar-refractivity contribution < 1.29 is 0 Å². The molecule has 0 spiro atoms. The van der Waals surface area contributed by atoms with Crippen LogP contribution in [0.2, 0.25) is 5.02 Å². The second-order valence-electron chi connectivity index (χ2n) is 9.11. The van der Waals surface area contributed by atoms with E-state index in [0.29, 0.717) is 11.8 Å². The van der Waals surface area contributed by atoms with E-state index in [9.17, 15) is 0 Å². The van der Waals surface area contributed by atoms with E-state index in [2.05, 4.69) is 90.2 Å². The second kappa shape index (κ2) is 9.07. The summed E-state index contributed by atoms with van der Waals surface area (Å²) in [5.41, 5.74) is 10.4. The van der Waals surface area contributed by atoms with Crippen LogP contribution >= 0.6 is 11.6 Å². The first kappa shape index (κ1) is 21.2. The summed E-state index contributed by atoms with van der Waals surface area (Å²) in [6, 6.07) is 34.0. The minimum absolute atomic E-state index is 0.488. The van der Waals surface area contributed by atoms with Crippen LogP contribution < -0.4 is 11.1 Å². The summed E-state index contributed by atoms with van der Waals surface area (Å²) >= 11 is 6.22. The maximum atomic E-state index is 7.35. The van der Waals surface area contributed by atoms with Crippen molar-refractivity contribution >= 4 is 22.4 Å². The molecule has 1 aliphatic heterocycles. The Morgan fingerprint density at radius 2 is 1.41 bits per heavy atom. The molecule has 0 radical (unpaired) electrons. The number of fused-ring (bicyclic) bond motifs is 1. The van der Waals surface area contributed by atoms with E-state index in [1.807, 2.05) is 12.1 Å². The Morgan fingerprint density at radius 1 is 0.750 bits per heavy atom. The van der Waals surface area contributed by atoms with Crippen LogP contribution in [-0.2, 0) is 12.0 Å². The lowest BCUT2D eigenvalue weighted by atomic mass is 9.73. The molecule has 0 bridgehead atoms. The summed E-state index contributed by atoms with van der Waals surface area (Å²) in [5.74, 6) is 1.05. The van der Waals surface area contributed by atoms with Crippen LogP contribution in [0, 0.1) is 11.8 Å². The van der Waals surface area contributed by atoms with E-state index in [-0.39, 0.29) is 0 Å². The van der Waals surface area contributed by atoms with Crippen molar-refractivity contribution in [2.75, 3.05) is 13.1 Å². The quantitative estimate of drug-likeness (QED) is 0.376. The Morgan fingerprint density at radius 3 is 2.19 bits per heavy atom. The minimum Gasteiger partial charge on any atom is -0.318 e. The molecule has 4 aromatic carbocycles. The fourth-order valence-corrected chi connectivity index (χ4v) is 5.34. The Balaban J connectivity index is 1.51. The molecule has 0 saturated carbocycles. The zero-order valence-corrected chi connectivity index (χ0v) is 18.9. The topological polar surface area (TPSA) is 38.0 Å². The molecule has 1 saturated heterocycles. The van der Waals surface area contributed by atoms with Crippen molar-refractivity contribution in [1.29, 1.82) is 0 Å². The van der Waals surface area contributed by atoms with E-state index >= 15 is 0 Å². The monoisotopic (exact) mass is 440 g/mol. The number of nitrogens with one attached hydrogen (secondary N) is 1. The Labute approximate surface area is 195 Å². The number of halogens is 1. The van der Waals surface area contributed by atoms with Crippen molar-refractivity contribution in [2.24, 2.45) is 17.6 Å². The van der Waals surface area contributed by atoms with Crippen molar-refractivity contribution in [3.63, 3.8) is 0 Å². The Hall–Kier alpha value is -2.65. The van der Waals surface area contributed by atoms with E-state index in [0.717, 1.165) is 42.1 Å². The van der Waals surface area contributed by atoms with E-state index in [1.165, 1.54) is 16.3 Å². The summed E-state index contributed by atoms with van der Waals surface area (Å²) in [5, 5.41) is 6.82. The summed E-state index contributed by atoms with van der Waals surface area (Å²) in [7, 11) is 0. The van der Waals surface area contributed by atoms with Crippen molar-refractivity contribution in [1.82, 2.24) is 5.32 Å². The summed E-state index contributed by atoms with van der Waals surface area (Å²) in [4.78, 5) is 0. The predicted octanol–water partition coefficient (Wildman–Crippen LogP) is 6.16. The average molecular weight is 441 g/mol. The van der Waals surface area contributed by atoms with Crippen LogP contribution in [-0.4, -0.2) is 13.1 Å². The smallest absolute Gasteiger partial charge is 0.0669 e. The molecule has 3 heteroatoms. The molecule has 5 rings (SSSR count). The maximum absolute atomic E-state index is 7.35. The van der Waals surface area contributed by atoms with Gasteiger partial charge in [0.25, 0.3) is 0 Å². The van der Waals surface area contributed by atoms with Gasteiger partial charge in [-0.2, -0.15) is 0 Å². The second-order valence-corrected chi connectivity index (χ2v) is 9.55. The molecule has 1 heterocycles. The predicted molar refractivity (Wildman–Crippen MR) is 135 cm³/mol. The van der Waals surface area contributed by atoms with Gasteiger partial charge in [0, 0.05) is 5.02 Å². The van der Waals surface area contributed by atoms with Crippen LogP contribution in [0.5, 0.6) is 0 Å². The van der Waals surface area contributed by atoms with Gasteiger partial charge in [-0.1, -0.05) is 90.5 Å². The molecule has 0 aromatic heterocycles. The lowest BCUT2D eigenvalue weighted by Crippen LogP contribution is -2.41. The van der Waals surface area contributed by atoms with Gasteiger partial charge in [0.15, 0.2) is 0 Å². The highest BCUT2D eigenvalue weighted by atomic mass is 35.5. The third-order valence-corrected chi connectivity index (χ3v) is 7.28.